The molecule has 4 rings (SSSR count). The highest BCUT2D eigenvalue weighted by molar-refractivity contribution is 5.90. The monoisotopic (exact) mass is 512 g/mol. The number of nitrogens with zero attached hydrogens (tertiary/aromatic N) is 3. The minimum absolute atomic E-state index is 0.198. The first kappa shape index (κ1) is 26.9. The van der Waals surface area contributed by atoms with Crippen molar-refractivity contribution in [3.8, 4) is 11.4 Å². The van der Waals surface area contributed by atoms with E-state index in [4.69, 9.17) is 9.72 Å². The molecule has 0 fully saturated rings. The molecule has 0 aliphatic carbocycles. The van der Waals surface area contributed by atoms with Crippen LogP contribution in [0.2, 0.25) is 0 Å². The van der Waals surface area contributed by atoms with Crippen LogP contribution in [-0.2, 0) is 0 Å². The number of anilines is 1. The molecule has 0 aliphatic heterocycles. The number of aryl methyl sites for hydroxylation is 1. The van der Waals surface area contributed by atoms with Gasteiger partial charge in [0.2, 0.25) is 0 Å². The van der Waals surface area contributed by atoms with Crippen LogP contribution in [0.3, 0.4) is 0 Å². The van der Waals surface area contributed by atoms with Crippen molar-refractivity contribution in [2.24, 2.45) is 5.92 Å². The van der Waals surface area contributed by atoms with Crippen LogP contribution in [-0.4, -0.2) is 34.1 Å². The molecule has 2 amide bonds. The number of carbonyl (C=O) groups excluding carboxylic acids is 1. The molecule has 0 radical (unpaired) electrons. The summed E-state index contributed by atoms with van der Waals surface area (Å²) in [4.78, 5) is 34.6. The van der Waals surface area contributed by atoms with E-state index in [1.54, 1.807) is 17.7 Å². The van der Waals surface area contributed by atoms with Crippen molar-refractivity contribution in [3.05, 3.63) is 94.5 Å². The quantitative estimate of drug-likeness (QED) is 0.270. The summed E-state index contributed by atoms with van der Waals surface area (Å²) in [7, 11) is 1.58. The highest BCUT2D eigenvalue weighted by Crippen LogP contribution is 2.30. The Morgan fingerprint density at radius 2 is 1.71 bits per heavy atom. The van der Waals surface area contributed by atoms with E-state index in [0.717, 1.165) is 17.7 Å². The summed E-state index contributed by atoms with van der Waals surface area (Å²) in [5, 5.41) is 3.61. The van der Waals surface area contributed by atoms with Crippen molar-refractivity contribution < 1.29 is 9.53 Å². The van der Waals surface area contributed by atoms with Gasteiger partial charge in [0.1, 0.15) is 11.6 Å². The molecule has 1 N–H and O–H groups in total. The molecule has 7 nitrogen and oxygen atoms in total. The van der Waals surface area contributed by atoms with Gasteiger partial charge in [0, 0.05) is 12.2 Å². The molecule has 4 aromatic rings. The third-order valence-electron chi connectivity index (χ3n) is 6.78. The zero-order valence-corrected chi connectivity index (χ0v) is 22.8. The van der Waals surface area contributed by atoms with Crippen LogP contribution >= 0.6 is 0 Å². The molecular weight excluding hydrogens is 476 g/mol. The molecule has 3 aromatic carbocycles. The molecule has 0 bridgehead atoms. The molecular formula is C31H36N4O3. The van der Waals surface area contributed by atoms with Gasteiger partial charge in [-0.25, -0.2) is 9.78 Å². The molecule has 0 spiro atoms. The largest absolute Gasteiger partial charge is 0.495 e. The number of aromatic nitrogens is 2. The summed E-state index contributed by atoms with van der Waals surface area (Å²) in [6, 6.07) is 21.8. The summed E-state index contributed by atoms with van der Waals surface area (Å²) in [6.07, 6.45) is 1.38. The molecule has 1 atom stereocenters. The topological polar surface area (TPSA) is 76.5 Å². The average molecular weight is 513 g/mol. The van der Waals surface area contributed by atoms with Crippen LogP contribution in [0.5, 0.6) is 5.75 Å². The first-order valence-corrected chi connectivity index (χ1v) is 13.1. The highest BCUT2D eigenvalue weighted by Gasteiger charge is 2.30. The smallest absolute Gasteiger partial charge is 0.322 e. The molecule has 0 aliphatic rings. The van der Waals surface area contributed by atoms with Crippen LogP contribution in [0.25, 0.3) is 16.6 Å². The number of methoxy groups -OCH3 is 1. The summed E-state index contributed by atoms with van der Waals surface area (Å²) >= 11 is 0. The predicted molar refractivity (Wildman–Crippen MR) is 153 cm³/mol. The third kappa shape index (κ3) is 5.57. The van der Waals surface area contributed by atoms with Gasteiger partial charge in [0.05, 0.1) is 29.7 Å². The Balaban J connectivity index is 1.91. The molecule has 0 saturated heterocycles. The van der Waals surface area contributed by atoms with E-state index in [9.17, 15) is 9.59 Å². The van der Waals surface area contributed by atoms with E-state index in [0.29, 0.717) is 47.0 Å². The second kappa shape index (κ2) is 11.9. The zero-order valence-electron chi connectivity index (χ0n) is 22.8. The summed E-state index contributed by atoms with van der Waals surface area (Å²) < 4.78 is 7.24. The molecule has 1 aromatic heterocycles. The number of ether oxygens (including phenoxy) is 1. The number of urea groups is 1. The lowest BCUT2D eigenvalue weighted by molar-refractivity contribution is 0.176. The fourth-order valence-corrected chi connectivity index (χ4v) is 4.66. The number of hydrogen-bond acceptors (Lipinski definition) is 4. The van der Waals surface area contributed by atoms with Gasteiger partial charge in [-0.2, -0.15) is 0 Å². The Morgan fingerprint density at radius 3 is 2.42 bits per heavy atom. The van der Waals surface area contributed by atoms with Crippen molar-refractivity contribution >= 4 is 22.6 Å². The van der Waals surface area contributed by atoms with Gasteiger partial charge < -0.3 is 15.0 Å². The van der Waals surface area contributed by atoms with Crippen molar-refractivity contribution in [2.75, 3.05) is 19.0 Å². The van der Waals surface area contributed by atoms with E-state index in [1.807, 2.05) is 85.5 Å². The minimum Gasteiger partial charge on any atom is -0.495 e. The minimum atomic E-state index is -0.458. The van der Waals surface area contributed by atoms with Gasteiger partial charge in [-0.05, 0) is 61.6 Å². The maximum Gasteiger partial charge on any atom is 0.322 e. The van der Waals surface area contributed by atoms with Crippen LogP contribution in [0, 0.1) is 12.8 Å². The van der Waals surface area contributed by atoms with E-state index >= 15 is 0 Å². The summed E-state index contributed by atoms with van der Waals surface area (Å²) in [5.41, 5.74) is 2.73. The van der Waals surface area contributed by atoms with Crippen LogP contribution < -0.4 is 15.6 Å². The standard InChI is InChI=1S/C31H36N4O3/c1-6-26(34(20-19-21(2)3)31(37)33-24-15-9-7-13-22(24)4)29-32-25-16-10-8-14-23(25)30(36)35(29)27-17-11-12-18-28(27)38-5/h7-18,21,26H,6,19-20H2,1-5H3,(H,33,37). The summed E-state index contributed by atoms with van der Waals surface area (Å²) in [6.45, 7) is 8.77. The SMILES string of the molecule is CCC(c1nc2ccccc2c(=O)n1-c1ccccc1OC)N(CCC(C)C)C(=O)Nc1ccccc1C. The Morgan fingerprint density at radius 1 is 1.03 bits per heavy atom. The van der Waals surface area contributed by atoms with E-state index < -0.39 is 6.04 Å². The second-order valence-electron chi connectivity index (χ2n) is 9.84. The van der Waals surface area contributed by atoms with Crippen LogP contribution in [0.15, 0.2) is 77.6 Å². The van der Waals surface area contributed by atoms with Gasteiger partial charge in [0.25, 0.3) is 5.56 Å². The Labute approximate surface area is 224 Å². The maximum absolute atomic E-state index is 14.0. The van der Waals surface area contributed by atoms with Crippen molar-refractivity contribution in [1.82, 2.24) is 14.5 Å². The van der Waals surface area contributed by atoms with Gasteiger partial charge >= 0.3 is 6.03 Å². The number of fused-ring (bicyclic) bond motifs is 1. The Hall–Kier alpha value is -4.13. The first-order valence-electron chi connectivity index (χ1n) is 13.1. The van der Waals surface area contributed by atoms with Gasteiger partial charge in [-0.3, -0.25) is 9.36 Å². The van der Waals surface area contributed by atoms with Crippen LogP contribution in [0.4, 0.5) is 10.5 Å². The lowest BCUT2D eigenvalue weighted by atomic mass is 10.1. The van der Waals surface area contributed by atoms with E-state index in [1.165, 1.54) is 0 Å². The van der Waals surface area contributed by atoms with Crippen molar-refractivity contribution in [3.63, 3.8) is 0 Å². The fraction of sp³-hybridized carbons (Fsp3) is 0.323. The normalized spacial score (nSPS) is 11.9. The van der Waals surface area contributed by atoms with Crippen molar-refractivity contribution in [2.45, 2.75) is 46.6 Å². The number of rotatable bonds is 9. The van der Waals surface area contributed by atoms with Crippen LogP contribution in [0.1, 0.15) is 51.0 Å². The maximum atomic E-state index is 14.0. The molecule has 38 heavy (non-hydrogen) atoms. The molecule has 1 heterocycles. The third-order valence-corrected chi connectivity index (χ3v) is 6.78. The van der Waals surface area contributed by atoms with Crippen molar-refractivity contribution in [1.29, 1.82) is 0 Å². The van der Waals surface area contributed by atoms with Gasteiger partial charge in [-0.15, -0.1) is 0 Å². The molecule has 1 unspecified atom stereocenters. The molecule has 0 saturated carbocycles. The number of amides is 2. The second-order valence-corrected chi connectivity index (χ2v) is 9.84. The molecule has 7 heteroatoms. The number of benzene rings is 3. The Kier molecular flexibility index (Phi) is 8.46. The highest BCUT2D eigenvalue weighted by atomic mass is 16.5. The summed E-state index contributed by atoms with van der Waals surface area (Å²) in [5.74, 6) is 1.45. The predicted octanol–water partition coefficient (Wildman–Crippen LogP) is 6.73. The van der Waals surface area contributed by atoms with Gasteiger partial charge in [-0.1, -0.05) is 63.2 Å². The van der Waals surface area contributed by atoms with E-state index in [-0.39, 0.29) is 11.6 Å². The number of para-hydroxylation sites is 4. The van der Waals surface area contributed by atoms with Gasteiger partial charge in [0.15, 0.2) is 0 Å². The fourth-order valence-electron chi connectivity index (χ4n) is 4.66. The molecule has 198 valence electrons. The lowest BCUT2D eigenvalue weighted by Crippen LogP contribution is -2.41. The average Bonchev–Trinajstić information content (AvgIpc) is 2.92. The number of nitrogens with one attached hydrogen (secondary N) is 1. The lowest BCUT2D eigenvalue weighted by Gasteiger charge is -2.33. The number of carbonyl (C=O) groups is 1. The zero-order chi connectivity index (χ0) is 27.2. The first-order chi connectivity index (χ1) is 18.3. The Bertz CT molecular complexity index is 1480. The van der Waals surface area contributed by atoms with E-state index in [2.05, 4.69) is 19.2 Å². The number of hydrogen-bond donors (Lipinski definition) is 1.